The first-order chi connectivity index (χ1) is 17.6. The maximum atomic E-state index is 13.0. The van der Waals surface area contributed by atoms with Gasteiger partial charge in [0.25, 0.3) is 0 Å². The second-order valence-electron chi connectivity index (χ2n) is 8.93. The highest BCUT2D eigenvalue weighted by Gasteiger charge is 2.24. The predicted octanol–water partition coefficient (Wildman–Crippen LogP) is 5.44. The summed E-state index contributed by atoms with van der Waals surface area (Å²) in [5.41, 5.74) is 7.41. The first-order valence-corrected chi connectivity index (χ1v) is 11.5. The van der Waals surface area contributed by atoms with Crippen LogP contribution in [0.5, 0.6) is 0 Å². The summed E-state index contributed by atoms with van der Waals surface area (Å²) in [5, 5.41) is 0. The molecular weight excluding hydrogens is 474 g/mol. The van der Waals surface area contributed by atoms with Gasteiger partial charge < -0.3 is 19.9 Å². The molecule has 0 bridgehead atoms. The summed E-state index contributed by atoms with van der Waals surface area (Å²) in [6.07, 6.45) is -1.85. The molecule has 0 radical (unpaired) electrons. The molecule has 0 aliphatic heterocycles. The van der Waals surface area contributed by atoms with Gasteiger partial charge in [0.1, 0.15) is 18.8 Å². The van der Waals surface area contributed by atoms with Gasteiger partial charge in [0.15, 0.2) is 0 Å². The van der Waals surface area contributed by atoms with Crippen LogP contribution in [-0.2, 0) is 27.4 Å². The summed E-state index contributed by atoms with van der Waals surface area (Å²) in [7, 11) is 0. The van der Waals surface area contributed by atoms with Gasteiger partial charge >= 0.3 is 18.2 Å². The normalized spacial score (nSPS) is 11.4. The molecule has 0 atom stereocenters. The van der Waals surface area contributed by atoms with E-state index in [2.05, 4.69) is 4.99 Å². The highest BCUT2D eigenvalue weighted by atomic mass is 16.6. The molecule has 0 aliphatic carbocycles. The number of benzene rings is 3. The highest BCUT2D eigenvalue weighted by molar-refractivity contribution is 6.15. The monoisotopic (exact) mass is 503 g/mol. The van der Waals surface area contributed by atoms with Gasteiger partial charge in [0.05, 0.1) is 11.3 Å². The number of nitrogens with two attached hydrogens (primary N) is 1. The van der Waals surface area contributed by atoms with Gasteiger partial charge in [-0.1, -0.05) is 60.7 Å². The topological polar surface area (TPSA) is 121 Å². The Labute approximate surface area is 215 Å². The van der Waals surface area contributed by atoms with Crippen molar-refractivity contribution in [3.05, 3.63) is 102 Å². The average molecular weight is 504 g/mol. The Kier molecular flexibility index (Phi) is 8.99. The number of aliphatic imine (C=N–C) groups is 1. The molecule has 3 aromatic carbocycles. The highest BCUT2D eigenvalue weighted by Crippen LogP contribution is 2.19. The van der Waals surface area contributed by atoms with E-state index in [0.717, 1.165) is 16.0 Å². The van der Waals surface area contributed by atoms with E-state index in [4.69, 9.17) is 19.9 Å². The molecule has 2 amide bonds. The third kappa shape index (κ3) is 8.50. The number of guanidine groups is 1. The number of amides is 2. The lowest BCUT2D eigenvalue weighted by Crippen LogP contribution is -2.43. The van der Waals surface area contributed by atoms with Gasteiger partial charge in [-0.25, -0.2) is 19.3 Å². The summed E-state index contributed by atoms with van der Waals surface area (Å²) < 4.78 is 15.9. The van der Waals surface area contributed by atoms with E-state index in [0.29, 0.717) is 0 Å². The van der Waals surface area contributed by atoms with Crippen LogP contribution < -0.4 is 10.6 Å². The van der Waals surface area contributed by atoms with Crippen molar-refractivity contribution in [1.82, 2.24) is 0 Å². The van der Waals surface area contributed by atoms with Gasteiger partial charge in [0, 0.05) is 0 Å². The fourth-order valence-electron chi connectivity index (χ4n) is 3.09. The van der Waals surface area contributed by atoms with Crippen LogP contribution in [-0.4, -0.2) is 29.7 Å². The second kappa shape index (κ2) is 12.3. The quantitative estimate of drug-likeness (QED) is 0.206. The molecule has 0 aliphatic rings. The second-order valence-corrected chi connectivity index (χ2v) is 8.93. The van der Waals surface area contributed by atoms with E-state index >= 15 is 0 Å². The third-order valence-electron chi connectivity index (χ3n) is 4.79. The molecule has 0 fully saturated rings. The lowest BCUT2D eigenvalue weighted by atomic mass is 10.1. The fraction of sp³-hybridized carbons (Fsp3) is 0.214. The van der Waals surface area contributed by atoms with Gasteiger partial charge in [0.2, 0.25) is 5.96 Å². The molecule has 3 aromatic rings. The van der Waals surface area contributed by atoms with Crippen LogP contribution in [0, 0.1) is 0 Å². The maximum absolute atomic E-state index is 13.0. The Morgan fingerprint density at radius 1 is 0.784 bits per heavy atom. The van der Waals surface area contributed by atoms with Gasteiger partial charge in [-0.15, -0.1) is 4.99 Å². The lowest BCUT2D eigenvalue weighted by molar-refractivity contribution is 0.00694. The summed E-state index contributed by atoms with van der Waals surface area (Å²) >= 11 is 0. The minimum absolute atomic E-state index is 0.0144. The van der Waals surface area contributed by atoms with E-state index in [9.17, 15) is 14.4 Å². The standard InChI is InChI=1S/C28H29N3O6/c1-28(2,3)37-24(32)22-14-16-23(17-15-22)31(27(34)36-19-21-12-8-5-9-13-21)25(29)30-26(33)35-18-20-10-6-4-7-11-20/h4-17H,18-19H2,1-3H3,(H2,29,30,33). The molecule has 9 heteroatoms. The molecule has 0 aromatic heterocycles. The number of anilines is 1. The van der Waals surface area contributed by atoms with Crippen LogP contribution in [0.4, 0.5) is 15.3 Å². The number of ether oxygens (including phenoxy) is 3. The van der Waals surface area contributed by atoms with Crippen molar-refractivity contribution in [3.63, 3.8) is 0 Å². The Morgan fingerprint density at radius 3 is 1.81 bits per heavy atom. The van der Waals surface area contributed by atoms with Crippen LogP contribution in [0.3, 0.4) is 0 Å². The summed E-state index contributed by atoms with van der Waals surface area (Å²) in [6.45, 7) is 5.24. The Morgan fingerprint density at radius 2 is 1.30 bits per heavy atom. The number of carbonyl (C=O) groups excluding carboxylic acids is 3. The van der Waals surface area contributed by atoms with Crippen LogP contribution in [0.25, 0.3) is 0 Å². The van der Waals surface area contributed by atoms with Crippen molar-refractivity contribution >= 4 is 29.8 Å². The molecule has 37 heavy (non-hydrogen) atoms. The van der Waals surface area contributed by atoms with Crippen molar-refractivity contribution in [2.45, 2.75) is 39.6 Å². The number of carbonyl (C=O) groups is 3. The number of rotatable bonds is 6. The molecule has 2 N–H and O–H groups in total. The van der Waals surface area contributed by atoms with Crippen LogP contribution >= 0.6 is 0 Å². The third-order valence-corrected chi connectivity index (χ3v) is 4.79. The average Bonchev–Trinajstić information content (AvgIpc) is 2.87. The zero-order valence-electron chi connectivity index (χ0n) is 20.9. The van der Waals surface area contributed by atoms with Gasteiger partial charge in [-0.05, 0) is 56.2 Å². The number of nitrogens with zero attached hydrogens (tertiary/aromatic N) is 2. The van der Waals surface area contributed by atoms with Crippen LogP contribution in [0.1, 0.15) is 42.3 Å². The first-order valence-electron chi connectivity index (χ1n) is 11.5. The minimum atomic E-state index is -0.979. The number of hydrogen-bond acceptors (Lipinski definition) is 6. The zero-order valence-corrected chi connectivity index (χ0v) is 20.9. The molecular formula is C28H29N3O6. The molecule has 0 saturated carbocycles. The molecule has 0 saturated heterocycles. The van der Waals surface area contributed by atoms with E-state index < -0.39 is 29.7 Å². The van der Waals surface area contributed by atoms with Crippen molar-refractivity contribution < 1.29 is 28.6 Å². The smallest absolute Gasteiger partial charge is 0.437 e. The molecule has 192 valence electrons. The number of esters is 1. The van der Waals surface area contributed by atoms with E-state index in [1.54, 1.807) is 45.0 Å². The Hall–Kier alpha value is -4.66. The van der Waals surface area contributed by atoms with E-state index in [-0.39, 0.29) is 24.5 Å². The molecule has 0 spiro atoms. The molecule has 9 nitrogen and oxygen atoms in total. The fourth-order valence-corrected chi connectivity index (χ4v) is 3.09. The minimum Gasteiger partial charge on any atom is -0.456 e. The van der Waals surface area contributed by atoms with E-state index in [1.165, 1.54) is 24.3 Å². The summed E-state index contributed by atoms with van der Waals surface area (Å²) in [5.74, 6) is -0.982. The van der Waals surface area contributed by atoms with Crippen molar-refractivity contribution in [2.24, 2.45) is 10.7 Å². The van der Waals surface area contributed by atoms with Gasteiger partial charge in [-0.3, -0.25) is 0 Å². The first kappa shape index (κ1) is 26.9. The maximum Gasteiger partial charge on any atom is 0.437 e. The van der Waals surface area contributed by atoms with Gasteiger partial charge in [-0.2, -0.15) is 0 Å². The number of hydrogen-bond donors (Lipinski definition) is 1. The predicted molar refractivity (Wildman–Crippen MR) is 139 cm³/mol. The van der Waals surface area contributed by atoms with Crippen molar-refractivity contribution in [1.29, 1.82) is 0 Å². The Bertz CT molecular complexity index is 1240. The SMILES string of the molecule is CC(C)(C)OC(=O)c1ccc(N(C(=O)OCc2ccccc2)C(N)=NC(=O)OCc2ccccc2)cc1. The largest absolute Gasteiger partial charge is 0.456 e. The molecule has 3 rings (SSSR count). The van der Waals surface area contributed by atoms with Crippen LogP contribution in [0.2, 0.25) is 0 Å². The summed E-state index contributed by atoms with van der Waals surface area (Å²) in [6, 6.07) is 24.0. The lowest BCUT2D eigenvalue weighted by Gasteiger charge is -2.22. The molecule has 0 unspecified atom stereocenters. The van der Waals surface area contributed by atoms with Crippen molar-refractivity contribution in [2.75, 3.05) is 4.90 Å². The van der Waals surface area contributed by atoms with E-state index in [1.807, 2.05) is 36.4 Å². The summed E-state index contributed by atoms with van der Waals surface area (Å²) in [4.78, 5) is 42.3. The van der Waals surface area contributed by atoms with Crippen LogP contribution in [0.15, 0.2) is 89.9 Å². The zero-order chi connectivity index (χ0) is 26.8. The Balaban J connectivity index is 1.80. The van der Waals surface area contributed by atoms with Crippen molar-refractivity contribution in [3.8, 4) is 0 Å². The molecule has 0 heterocycles.